The maximum Gasteiger partial charge on any atom is 0.256 e. The van der Waals surface area contributed by atoms with Crippen LogP contribution < -0.4 is 10.6 Å². The quantitative estimate of drug-likeness (QED) is 0.867. The molecule has 4 nitrogen and oxygen atoms in total. The fourth-order valence-corrected chi connectivity index (χ4v) is 2.22. The molecule has 5 heteroatoms. The molecule has 1 heterocycles. The van der Waals surface area contributed by atoms with Gasteiger partial charge in [0.15, 0.2) is 5.76 Å². The minimum atomic E-state index is -0.399. The van der Waals surface area contributed by atoms with E-state index in [0.717, 1.165) is 11.1 Å². The second-order valence-electron chi connectivity index (χ2n) is 5.68. The normalized spacial score (nSPS) is 11.8. The molecule has 0 unspecified atom stereocenters. The van der Waals surface area contributed by atoms with E-state index in [1.54, 1.807) is 38.5 Å². The van der Waals surface area contributed by atoms with Gasteiger partial charge in [0, 0.05) is 20.3 Å². The first-order valence-electron chi connectivity index (χ1n) is 7.32. The van der Waals surface area contributed by atoms with E-state index in [9.17, 15) is 14.3 Å². The Morgan fingerprint density at radius 1 is 1.25 bits per heavy atom. The topological polar surface area (TPSA) is 53.4 Å². The minimum absolute atomic E-state index is 0.0383. The molecule has 0 bridgehead atoms. The lowest BCUT2D eigenvalue weighted by molar-refractivity contribution is -0.124. The molecule has 0 saturated heterocycles. The van der Waals surface area contributed by atoms with Gasteiger partial charge in [-0.05, 0) is 41.0 Å². The fraction of sp³-hybridized carbons (Fsp3) is 0.158. The van der Waals surface area contributed by atoms with Crippen molar-refractivity contribution in [1.29, 1.82) is 0 Å². The zero-order valence-corrected chi connectivity index (χ0v) is 13.7. The number of aromatic nitrogens is 1. The Hall–Kier alpha value is -2.95. The molecule has 124 valence electrons. The van der Waals surface area contributed by atoms with Crippen LogP contribution in [-0.4, -0.2) is 35.0 Å². The van der Waals surface area contributed by atoms with Gasteiger partial charge in [-0.3, -0.25) is 9.78 Å². The monoisotopic (exact) mass is 326 g/mol. The Morgan fingerprint density at radius 2 is 1.88 bits per heavy atom. The highest BCUT2D eigenvalue weighted by Gasteiger charge is 2.14. The van der Waals surface area contributed by atoms with Crippen molar-refractivity contribution in [1.82, 2.24) is 9.88 Å². The number of aliphatic hydroxyl groups is 1. The second-order valence-corrected chi connectivity index (χ2v) is 5.68. The van der Waals surface area contributed by atoms with Gasteiger partial charge in [-0.15, -0.1) is 0 Å². The molecule has 0 saturated carbocycles. The fourth-order valence-electron chi connectivity index (χ4n) is 2.22. The van der Waals surface area contributed by atoms with Crippen molar-refractivity contribution in [3.8, 4) is 0 Å². The predicted octanol–water partition coefficient (Wildman–Crippen LogP) is 1.53. The molecule has 24 heavy (non-hydrogen) atoms. The average Bonchev–Trinajstić information content (AvgIpc) is 2.55. The van der Waals surface area contributed by atoms with Crippen LogP contribution in [0.15, 0.2) is 48.7 Å². The number of carbonyl (C=O) groups excluding carboxylic acids is 1. The van der Waals surface area contributed by atoms with Gasteiger partial charge in [0.2, 0.25) is 0 Å². The number of pyridine rings is 1. The molecule has 0 aliphatic heterocycles. The third-order valence-corrected chi connectivity index (χ3v) is 3.52. The Morgan fingerprint density at radius 3 is 2.42 bits per heavy atom. The largest absolute Gasteiger partial charge is 0.505 e. The average molecular weight is 326 g/mol. The molecule has 1 amide bonds. The van der Waals surface area contributed by atoms with Gasteiger partial charge < -0.3 is 10.0 Å². The molecule has 1 aromatic carbocycles. The van der Waals surface area contributed by atoms with E-state index in [2.05, 4.69) is 18.1 Å². The number of likely N-dealkylation sites (N-methyl/N-ethyl adjacent to an activating group) is 1. The van der Waals surface area contributed by atoms with Gasteiger partial charge >= 0.3 is 0 Å². The van der Waals surface area contributed by atoms with E-state index in [-0.39, 0.29) is 22.5 Å². The van der Waals surface area contributed by atoms with E-state index < -0.39 is 5.91 Å². The number of halogens is 1. The standard InChI is InChI=1S/C19H19FN2O2/c1-12-9-15(10-14-5-7-16(20)8-6-14)11-21-17(12)18(23)13(2)19(24)22(3)4/h5-9,11,23H,1-2,10H2,3-4H3/b18-17-. The third-order valence-electron chi connectivity index (χ3n) is 3.52. The molecule has 1 N–H and O–H groups in total. The van der Waals surface area contributed by atoms with E-state index in [1.807, 2.05) is 0 Å². The second kappa shape index (κ2) is 7.08. The SMILES string of the molecule is C=C(C(=O)N(C)C)/C(O)=c1/ncc(Cc2ccc(F)cc2)cc1=C. The number of benzene rings is 1. The van der Waals surface area contributed by atoms with E-state index in [1.165, 1.54) is 17.0 Å². The van der Waals surface area contributed by atoms with E-state index in [4.69, 9.17) is 0 Å². The minimum Gasteiger partial charge on any atom is -0.505 e. The molecular formula is C19H19FN2O2. The molecule has 1 aromatic heterocycles. The van der Waals surface area contributed by atoms with Crippen LogP contribution in [0.25, 0.3) is 12.3 Å². The van der Waals surface area contributed by atoms with Crippen LogP contribution >= 0.6 is 0 Å². The van der Waals surface area contributed by atoms with Crippen molar-refractivity contribution in [3.05, 3.63) is 76.2 Å². The number of hydrogen-bond donors (Lipinski definition) is 1. The number of carbonyl (C=O) groups is 1. The summed E-state index contributed by atoms with van der Waals surface area (Å²) in [5.74, 6) is -0.968. The van der Waals surface area contributed by atoms with Crippen LogP contribution in [0, 0.1) is 5.82 Å². The zero-order chi connectivity index (χ0) is 17.9. The Balaban J connectivity index is 2.34. The van der Waals surface area contributed by atoms with Crippen molar-refractivity contribution >= 4 is 18.2 Å². The highest BCUT2D eigenvalue weighted by molar-refractivity contribution is 6.02. The lowest BCUT2D eigenvalue weighted by atomic mass is 10.1. The molecule has 2 rings (SSSR count). The maximum absolute atomic E-state index is 12.9. The molecule has 0 aliphatic rings. The molecule has 0 spiro atoms. The van der Waals surface area contributed by atoms with Gasteiger partial charge in [-0.2, -0.15) is 0 Å². The van der Waals surface area contributed by atoms with Crippen molar-refractivity contribution in [2.75, 3.05) is 14.1 Å². The number of amides is 1. The smallest absolute Gasteiger partial charge is 0.256 e. The van der Waals surface area contributed by atoms with Crippen molar-refractivity contribution in [2.24, 2.45) is 0 Å². The zero-order valence-electron chi connectivity index (χ0n) is 13.7. The summed E-state index contributed by atoms with van der Waals surface area (Å²) in [6.45, 7) is 7.49. The summed E-state index contributed by atoms with van der Waals surface area (Å²) in [6.07, 6.45) is 2.16. The first-order chi connectivity index (χ1) is 11.3. The van der Waals surface area contributed by atoms with E-state index in [0.29, 0.717) is 11.6 Å². The summed E-state index contributed by atoms with van der Waals surface area (Å²) in [5, 5.41) is 10.9. The first kappa shape index (κ1) is 17.4. The number of nitrogens with zero attached hydrogens (tertiary/aromatic N) is 2. The van der Waals surface area contributed by atoms with Crippen LogP contribution in [0.1, 0.15) is 11.1 Å². The van der Waals surface area contributed by atoms with Crippen LogP contribution in [0.3, 0.4) is 0 Å². The molecular weight excluding hydrogens is 307 g/mol. The van der Waals surface area contributed by atoms with Crippen LogP contribution in [0.4, 0.5) is 4.39 Å². The summed E-state index contributed by atoms with van der Waals surface area (Å²) in [6, 6.07) is 7.98. The Labute approximate surface area is 139 Å². The van der Waals surface area contributed by atoms with Crippen LogP contribution in [0.5, 0.6) is 0 Å². The lowest BCUT2D eigenvalue weighted by Gasteiger charge is -2.11. The van der Waals surface area contributed by atoms with Crippen LogP contribution in [0.2, 0.25) is 0 Å². The summed E-state index contributed by atoms with van der Waals surface area (Å²) in [5.41, 5.74) is 1.77. The van der Waals surface area contributed by atoms with Crippen LogP contribution in [-0.2, 0) is 11.2 Å². The van der Waals surface area contributed by atoms with Gasteiger partial charge in [-0.25, -0.2) is 4.39 Å². The maximum atomic E-state index is 12.9. The number of hydrogen-bond acceptors (Lipinski definition) is 3. The van der Waals surface area contributed by atoms with Crippen molar-refractivity contribution in [3.63, 3.8) is 0 Å². The first-order valence-corrected chi connectivity index (χ1v) is 7.32. The van der Waals surface area contributed by atoms with Gasteiger partial charge in [0.25, 0.3) is 5.91 Å². The Bertz CT molecular complexity index is 887. The highest BCUT2D eigenvalue weighted by Crippen LogP contribution is 2.08. The number of aliphatic hydroxyl groups excluding tert-OH is 1. The van der Waals surface area contributed by atoms with Crippen molar-refractivity contribution in [2.45, 2.75) is 6.42 Å². The van der Waals surface area contributed by atoms with Gasteiger partial charge in [0.05, 0.1) is 5.57 Å². The summed E-state index contributed by atoms with van der Waals surface area (Å²) in [4.78, 5) is 17.4. The molecule has 2 aromatic rings. The molecule has 0 aliphatic carbocycles. The molecule has 0 fully saturated rings. The van der Waals surface area contributed by atoms with Gasteiger partial charge in [0.1, 0.15) is 11.2 Å². The summed E-state index contributed by atoms with van der Waals surface area (Å²) in [7, 11) is 3.15. The molecule has 0 atom stereocenters. The Kier molecular flexibility index (Phi) is 5.14. The number of rotatable bonds is 4. The summed E-state index contributed by atoms with van der Waals surface area (Å²) >= 11 is 0. The molecule has 0 radical (unpaired) electrons. The lowest BCUT2D eigenvalue weighted by Crippen LogP contribution is -2.33. The third kappa shape index (κ3) is 3.87. The van der Waals surface area contributed by atoms with E-state index >= 15 is 0 Å². The highest BCUT2D eigenvalue weighted by atomic mass is 19.1. The van der Waals surface area contributed by atoms with Gasteiger partial charge in [-0.1, -0.05) is 25.3 Å². The predicted molar refractivity (Wildman–Crippen MR) is 92.1 cm³/mol. The van der Waals surface area contributed by atoms with Crippen molar-refractivity contribution < 1.29 is 14.3 Å². The summed E-state index contributed by atoms with van der Waals surface area (Å²) < 4.78 is 12.9.